The minimum atomic E-state index is 0.200. The van der Waals surface area contributed by atoms with E-state index in [9.17, 15) is 5.11 Å². The lowest BCUT2D eigenvalue weighted by Crippen LogP contribution is -1.79. The molecule has 2 nitrogen and oxygen atoms in total. The highest BCUT2D eigenvalue weighted by atomic mass is 32.1. The van der Waals surface area contributed by atoms with Gasteiger partial charge in [-0.05, 0) is 18.2 Å². The third-order valence-electron chi connectivity index (χ3n) is 1.20. The molecule has 0 atom stereocenters. The van der Waals surface area contributed by atoms with Gasteiger partial charge in [0.15, 0.2) is 0 Å². The fourth-order valence-corrected chi connectivity index (χ4v) is 0.807. The summed E-state index contributed by atoms with van der Waals surface area (Å²) in [5.74, 6) is 0.848. The third kappa shape index (κ3) is 2.27. The number of aromatic hydroxyl groups is 1. The molecule has 11 heavy (non-hydrogen) atoms. The molecule has 0 bridgehead atoms. The van der Waals surface area contributed by atoms with Crippen molar-refractivity contribution in [2.45, 2.75) is 0 Å². The van der Waals surface area contributed by atoms with Crippen LogP contribution in [0, 0.1) is 0 Å². The van der Waals surface area contributed by atoms with E-state index in [0.717, 1.165) is 0 Å². The van der Waals surface area contributed by atoms with Crippen molar-refractivity contribution in [3.8, 4) is 5.75 Å². The van der Waals surface area contributed by atoms with Gasteiger partial charge in [-0.25, -0.2) is 0 Å². The van der Waals surface area contributed by atoms with Crippen molar-refractivity contribution in [1.82, 2.24) is 4.98 Å². The molecule has 0 amide bonds. The molecule has 1 aromatic rings. The number of hydrogen-bond acceptors (Lipinski definition) is 3. The molecule has 3 heteroatoms. The molecular formula is C8H9NOS. The molecule has 1 N–H and O–H groups in total. The highest BCUT2D eigenvalue weighted by Gasteiger charge is 1.93. The number of nitrogens with zero attached hydrogens (tertiary/aromatic N) is 1. The fourth-order valence-electron chi connectivity index (χ4n) is 0.702. The van der Waals surface area contributed by atoms with E-state index in [0.29, 0.717) is 11.4 Å². The molecule has 0 unspecified atom stereocenters. The average Bonchev–Trinajstić information content (AvgIpc) is 2.03. The Bertz CT molecular complexity index is 260. The van der Waals surface area contributed by atoms with Gasteiger partial charge in [-0.15, -0.1) is 0 Å². The molecule has 0 saturated carbocycles. The second-order valence-electron chi connectivity index (χ2n) is 1.99. The summed E-state index contributed by atoms with van der Waals surface area (Å²) in [5.41, 5.74) is 0.585. The average molecular weight is 167 g/mol. The second kappa shape index (κ2) is 4.03. The van der Waals surface area contributed by atoms with Crippen LogP contribution in [0.2, 0.25) is 0 Å². The van der Waals surface area contributed by atoms with Crippen LogP contribution in [0.3, 0.4) is 0 Å². The number of pyridine rings is 1. The molecular weight excluding hydrogens is 158 g/mol. The Morgan fingerprint density at radius 3 is 3.09 bits per heavy atom. The molecule has 1 rings (SSSR count). The van der Waals surface area contributed by atoms with Crippen LogP contribution in [-0.4, -0.2) is 15.8 Å². The number of hydrogen-bond donors (Lipinski definition) is 2. The molecule has 1 aromatic heterocycles. The van der Waals surface area contributed by atoms with Gasteiger partial charge in [-0.2, -0.15) is 12.6 Å². The number of aromatic nitrogens is 1. The van der Waals surface area contributed by atoms with Gasteiger partial charge in [0.25, 0.3) is 0 Å². The summed E-state index contributed by atoms with van der Waals surface area (Å²) in [7, 11) is 0. The second-order valence-corrected chi connectivity index (χ2v) is 2.36. The van der Waals surface area contributed by atoms with Crippen LogP contribution < -0.4 is 0 Å². The molecule has 0 radical (unpaired) electrons. The van der Waals surface area contributed by atoms with Crippen molar-refractivity contribution in [2.24, 2.45) is 0 Å². The van der Waals surface area contributed by atoms with Gasteiger partial charge in [0, 0.05) is 11.9 Å². The molecule has 1 heterocycles. The largest absolute Gasteiger partial charge is 0.506 e. The van der Waals surface area contributed by atoms with E-state index in [-0.39, 0.29) is 5.75 Å². The van der Waals surface area contributed by atoms with E-state index in [4.69, 9.17) is 0 Å². The lowest BCUT2D eigenvalue weighted by Gasteiger charge is -1.94. The predicted octanol–water partition coefficient (Wildman–Crippen LogP) is 1.73. The van der Waals surface area contributed by atoms with E-state index < -0.39 is 0 Å². The van der Waals surface area contributed by atoms with Crippen LogP contribution in [0.1, 0.15) is 5.69 Å². The predicted molar refractivity (Wildman–Crippen MR) is 48.8 cm³/mol. The van der Waals surface area contributed by atoms with Crippen LogP contribution in [0.25, 0.3) is 6.08 Å². The molecule has 58 valence electrons. The van der Waals surface area contributed by atoms with Crippen molar-refractivity contribution in [3.63, 3.8) is 0 Å². The maximum Gasteiger partial charge on any atom is 0.141 e. The van der Waals surface area contributed by atoms with E-state index in [2.05, 4.69) is 17.6 Å². The number of rotatable bonds is 2. The minimum Gasteiger partial charge on any atom is -0.506 e. The van der Waals surface area contributed by atoms with Crippen molar-refractivity contribution >= 4 is 18.7 Å². The lowest BCUT2D eigenvalue weighted by molar-refractivity contribution is 0.471. The summed E-state index contributed by atoms with van der Waals surface area (Å²) in [4.78, 5) is 3.95. The summed E-state index contributed by atoms with van der Waals surface area (Å²) in [6.45, 7) is 0. The van der Waals surface area contributed by atoms with Crippen molar-refractivity contribution in [1.29, 1.82) is 0 Å². The first kappa shape index (κ1) is 8.14. The summed E-state index contributed by atoms with van der Waals surface area (Å²) in [6.07, 6.45) is 5.20. The van der Waals surface area contributed by atoms with Gasteiger partial charge < -0.3 is 5.11 Å². The Morgan fingerprint density at radius 1 is 1.64 bits per heavy atom. The molecule has 0 spiro atoms. The highest BCUT2D eigenvalue weighted by Crippen LogP contribution is 2.13. The third-order valence-corrected chi connectivity index (χ3v) is 1.41. The fraction of sp³-hybridized carbons (Fsp3) is 0.125. The first-order chi connectivity index (χ1) is 5.34. The maximum atomic E-state index is 9.20. The molecule has 0 saturated heterocycles. The first-order valence-electron chi connectivity index (χ1n) is 3.26. The topological polar surface area (TPSA) is 33.1 Å². The Labute approximate surface area is 71.0 Å². The van der Waals surface area contributed by atoms with Gasteiger partial charge in [0.2, 0.25) is 0 Å². The summed E-state index contributed by atoms with van der Waals surface area (Å²) in [5, 5.41) is 9.20. The van der Waals surface area contributed by atoms with E-state index in [1.165, 1.54) is 0 Å². The van der Waals surface area contributed by atoms with Crippen LogP contribution in [-0.2, 0) is 0 Å². The minimum absolute atomic E-state index is 0.200. The van der Waals surface area contributed by atoms with Gasteiger partial charge in [0.1, 0.15) is 11.4 Å². The smallest absolute Gasteiger partial charge is 0.141 e. The summed E-state index contributed by atoms with van der Waals surface area (Å²) >= 11 is 3.99. The van der Waals surface area contributed by atoms with E-state index >= 15 is 0 Å². The molecule has 0 aliphatic carbocycles. The molecule has 0 aliphatic rings. The van der Waals surface area contributed by atoms with Gasteiger partial charge in [0.05, 0.1) is 0 Å². The van der Waals surface area contributed by atoms with E-state index in [1.807, 2.05) is 6.08 Å². The zero-order valence-corrected chi connectivity index (χ0v) is 6.83. The van der Waals surface area contributed by atoms with Crippen LogP contribution in [0.5, 0.6) is 5.75 Å². The van der Waals surface area contributed by atoms with Crippen molar-refractivity contribution < 1.29 is 5.11 Å². The van der Waals surface area contributed by atoms with Crippen molar-refractivity contribution in [2.75, 3.05) is 5.75 Å². The van der Waals surface area contributed by atoms with Crippen LogP contribution >= 0.6 is 12.6 Å². The first-order valence-corrected chi connectivity index (χ1v) is 3.89. The number of thiol groups is 1. The zero-order valence-electron chi connectivity index (χ0n) is 5.94. The Hall–Kier alpha value is -0.960. The lowest BCUT2D eigenvalue weighted by atomic mass is 10.3. The maximum absolute atomic E-state index is 9.20. The van der Waals surface area contributed by atoms with E-state index in [1.54, 1.807) is 24.4 Å². The Balaban J connectivity index is 2.86. The van der Waals surface area contributed by atoms with Crippen LogP contribution in [0.4, 0.5) is 0 Å². The quantitative estimate of drug-likeness (QED) is 0.658. The summed E-state index contributed by atoms with van der Waals surface area (Å²) in [6, 6.07) is 3.29. The monoisotopic (exact) mass is 167 g/mol. The van der Waals surface area contributed by atoms with Crippen molar-refractivity contribution in [3.05, 3.63) is 30.1 Å². The Morgan fingerprint density at radius 2 is 2.45 bits per heavy atom. The zero-order chi connectivity index (χ0) is 8.10. The summed E-state index contributed by atoms with van der Waals surface area (Å²) < 4.78 is 0. The van der Waals surface area contributed by atoms with Gasteiger partial charge in [-0.3, -0.25) is 4.98 Å². The van der Waals surface area contributed by atoms with Crippen LogP contribution in [0.15, 0.2) is 24.4 Å². The standard InChI is InChI=1S/C8H9NOS/c10-8-4-1-5-9-7(8)3-2-6-11/h1-5,10-11H,6H2. The van der Waals surface area contributed by atoms with Gasteiger partial charge >= 0.3 is 0 Å². The Kier molecular flexibility index (Phi) is 2.98. The molecule has 0 aliphatic heterocycles. The molecule has 0 aromatic carbocycles. The molecule has 0 fully saturated rings. The SMILES string of the molecule is Oc1cccnc1C=CCS. The normalized spacial score (nSPS) is 10.6. The highest BCUT2D eigenvalue weighted by molar-refractivity contribution is 7.80. The van der Waals surface area contributed by atoms with Gasteiger partial charge in [-0.1, -0.05) is 6.08 Å².